The standard InChI is InChI=1S/C17H12FN/c18-15-8-6-14(7-9-15)17-12-19-11-10-16(17)13-4-2-1-3-5-13/h1-12H. The van der Waals surface area contributed by atoms with Gasteiger partial charge in [0.05, 0.1) is 0 Å². The molecule has 0 aliphatic rings. The van der Waals surface area contributed by atoms with Crippen LogP contribution in [0.15, 0.2) is 73.1 Å². The molecule has 0 aliphatic heterocycles. The van der Waals surface area contributed by atoms with E-state index in [0.29, 0.717) is 0 Å². The van der Waals surface area contributed by atoms with E-state index in [-0.39, 0.29) is 5.82 Å². The van der Waals surface area contributed by atoms with Gasteiger partial charge in [0.25, 0.3) is 0 Å². The predicted octanol–water partition coefficient (Wildman–Crippen LogP) is 4.55. The van der Waals surface area contributed by atoms with E-state index in [1.54, 1.807) is 18.3 Å². The van der Waals surface area contributed by atoms with E-state index in [0.717, 1.165) is 22.3 Å². The van der Waals surface area contributed by atoms with Crippen LogP contribution in [0.2, 0.25) is 0 Å². The van der Waals surface area contributed by atoms with Gasteiger partial charge in [0.2, 0.25) is 0 Å². The zero-order chi connectivity index (χ0) is 13.1. The summed E-state index contributed by atoms with van der Waals surface area (Å²) in [5.74, 6) is -0.228. The fourth-order valence-corrected chi connectivity index (χ4v) is 2.12. The SMILES string of the molecule is Fc1ccc(-c2cnccc2-c2ccccc2)cc1. The monoisotopic (exact) mass is 249 g/mol. The van der Waals surface area contributed by atoms with Crippen LogP contribution in [0.4, 0.5) is 4.39 Å². The summed E-state index contributed by atoms with van der Waals surface area (Å²) in [7, 11) is 0. The number of benzene rings is 2. The Morgan fingerprint density at radius 2 is 1.37 bits per heavy atom. The lowest BCUT2D eigenvalue weighted by molar-refractivity contribution is 0.628. The quantitative estimate of drug-likeness (QED) is 0.649. The van der Waals surface area contributed by atoms with Crippen LogP contribution in [-0.4, -0.2) is 4.98 Å². The molecule has 1 aromatic heterocycles. The first-order valence-corrected chi connectivity index (χ1v) is 6.10. The highest BCUT2D eigenvalue weighted by Crippen LogP contribution is 2.30. The largest absolute Gasteiger partial charge is 0.264 e. The Morgan fingerprint density at radius 1 is 0.684 bits per heavy atom. The summed E-state index contributed by atoms with van der Waals surface area (Å²) in [6.45, 7) is 0. The van der Waals surface area contributed by atoms with E-state index < -0.39 is 0 Å². The highest BCUT2D eigenvalue weighted by atomic mass is 19.1. The molecular weight excluding hydrogens is 237 g/mol. The molecule has 2 aromatic carbocycles. The number of hydrogen-bond donors (Lipinski definition) is 0. The molecule has 19 heavy (non-hydrogen) atoms. The Kier molecular flexibility index (Phi) is 3.07. The van der Waals surface area contributed by atoms with Gasteiger partial charge in [-0.15, -0.1) is 0 Å². The Labute approximate surface area is 111 Å². The third-order valence-corrected chi connectivity index (χ3v) is 3.06. The summed E-state index contributed by atoms with van der Waals surface area (Å²) in [4.78, 5) is 4.18. The van der Waals surface area contributed by atoms with Gasteiger partial charge in [-0.1, -0.05) is 42.5 Å². The minimum absolute atomic E-state index is 0.228. The third kappa shape index (κ3) is 2.38. The van der Waals surface area contributed by atoms with Gasteiger partial charge < -0.3 is 0 Å². The summed E-state index contributed by atoms with van der Waals surface area (Å²) in [6.07, 6.45) is 3.59. The van der Waals surface area contributed by atoms with Crippen LogP contribution in [-0.2, 0) is 0 Å². The summed E-state index contributed by atoms with van der Waals surface area (Å²) in [5, 5.41) is 0. The van der Waals surface area contributed by atoms with E-state index in [9.17, 15) is 4.39 Å². The molecule has 2 heteroatoms. The van der Waals surface area contributed by atoms with Gasteiger partial charge in [-0.05, 0) is 34.9 Å². The maximum Gasteiger partial charge on any atom is 0.123 e. The van der Waals surface area contributed by atoms with Crippen molar-refractivity contribution in [2.45, 2.75) is 0 Å². The van der Waals surface area contributed by atoms with E-state index in [1.807, 2.05) is 30.5 Å². The molecule has 92 valence electrons. The molecule has 0 aliphatic carbocycles. The minimum Gasteiger partial charge on any atom is -0.264 e. The molecule has 1 nitrogen and oxygen atoms in total. The van der Waals surface area contributed by atoms with Crippen molar-refractivity contribution in [1.82, 2.24) is 4.98 Å². The molecule has 0 amide bonds. The average molecular weight is 249 g/mol. The summed E-state index contributed by atoms with van der Waals surface area (Å²) < 4.78 is 13.0. The lowest BCUT2D eigenvalue weighted by Gasteiger charge is -2.09. The van der Waals surface area contributed by atoms with Gasteiger partial charge >= 0.3 is 0 Å². The van der Waals surface area contributed by atoms with E-state index >= 15 is 0 Å². The predicted molar refractivity (Wildman–Crippen MR) is 75.1 cm³/mol. The highest BCUT2D eigenvalue weighted by Gasteiger charge is 2.06. The van der Waals surface area contributed by atoms with Crippen molar-refractivity contribution < 1.29 is 4.39 Å². The fraction of sp³-hybridized carbons (Fsp3) is 0. The van der Waals surface area contributed by atoms with Crippen molar-refractivity contribution in [2.24, 2.45) is 0 Å². The average Bonchev–Trinajstić information content (AvgIpc) is 2.49. The molecule has 0 bridgehead atoms. The van der Waals surface area contributed by atoms with E-state index in [4.69, 9.17) is 0 Å². The maximum absolute atomic E-state index is 13.0. The van der Waals surface area contributed by atoms with E-state index in [1.165, 1.54) is 12.1 Å². The molecular formula is C17H12FN. The van der Waals surface area contributed by atoms with Crippen LogP contribution in [0.5, 0.6) is 0 Å². The van der Waals surface area contributed by atoms with Crippen molar-refractivity contribution in [3.05, 3.63) is 78.9 Å². The Morgan fingerprint density at radius 3 is 2.11 bits per heavy atom. The van der Waals surface area contributed by atoms with Crippen molar-refractivity contribution in [2.75, 3.05) is 0 Å². The van der Waals surface area contributed by atoms with Crippen LogP contribution < -0.4 is 0 Å². The second-order valence-corrected chi connectivity index (χ2v) is 4.29. The summed E-state index contributed by atoms with van der Waals surface area (Å²) in [5.41, 5.74) is 4.20. The van der Waals surface area contributed by atoms with Crippen molar-refractivity contribution in [3.8, 4) is 22.3 Å². The first-order chi connectivity index (χ1) is 9.34. The molecule has 0 unspecified atom stereocenters. The number of nitrogens with zero attached hydrogens (tertiary/aromatic N) is 1. The number of hydrogen-bond acceptors (Lipinski definition) is 1. The zero-order valence-electron chi connectivity index (χ0n) is 10.3. The van der Waals surface area contributed by atoms with Crippen LogP contribution in [0.1, 0.15) is 0 Å². The van der Waals surface area contributed by atoms with Gasteiger partial charge in [-0.2, -0.15) is 0 Å². The van der Waals surface area contributed by atoms with Gasteiger partial charge in [0.1, 0.15) is 5.82 Å². The van der Waals surface area contributed by atoms with E-state index in [2.05, 4.69) is 17.1 Å². The van der Waals surface area contributed by atoms with Crippen LogP contribution in [0.3, 0.4) is 0 Å². The fourth-order valence-electron chi connectivity index (χ4n) is 2.12. The number of aromatic nitrogens is 1. The molecule has 0 saturated heterocycles. The van der Waals surface area contributed by atoms with Crippen LogP contribution in [0.25, 0.3) is 22.3 Å². The maximum atomic E-state index is 13.0. The van der Waals surface area contributed by atoms with Gasteiger partial charge in [0, 0.05) is 18.0 Å². The highest BCUT2D eigenvalue weighted by molar-refractivity contribution is 5.82. The van der Waals surface area contributed by atoms with Crippen LogP contribution >= 0.6 is 0 Å². The molecule has 0 N–H and O–H groups in total. The molecule has 0 fully saturated rings. The Balaban J connectivity index is 2.15. The number of halogens is 1. The molecule has 0 radical (unpaired) electrons. The van der Waals surface area contributed by atoms with Crippen molar-refractivity contribution >= 4 is 0 Å². The Bertz CT molecular complexity index is 675. The third-order valence-electron chi connectivity index (χ3n) is 3.06. The van der Waals surface area contributed by atoms with Crippen molar-refractivity contribution in [3.63, 3.8) is 0 Å². The first-order valence-electron chi connectivity index (χ1n) is 6.10. The molecule has 0 atom stereocenters. The molecule has 3 aromatic rings. The molecule has 0 spiro atoms. The summed E-state index contributed by atoms with van der Waals surface area (Å²) in [6, 6.07) is 18.6. The minimum atomic E-state index is -0.228. The van der Waals surface area contributed by atoms with Gasteiger partial charge in [0.15, 0.2) is 0 Å². The van der Waals surface area contributed by atoms with Crippen molar-refractivity contribution in [1.29, 1.82) is 0 Å². The van der Waals surface area contributed by atoms with Gasteiger partial charge in [-0.3, -0.25) is 4.98 Å². The smallest absolute Gasteiger partial charge is 0.123 e. The number of pyridine rings is 1. The first kappa shape index (κ1) is 11.6. The Hall–Kier alpha value is -2.48. The topological polar surface area (TPSA) is 12.9 Å². The molecule has 3 rings (SSSR count). The lowest BCUT2D eigenvalue weighted by atomic mass is 9.97. The van der Waals surface area contributed by atoms with Crippen LogP contribution in [0, 0.1) is 5.82 Å². The second-order valence-electron chi connectivity index (χ2n) is 4.29. The summed E-state index contributed by atoms with van der Waals surface area (Å²) >= 11 is 0. The molecule has 0 saturated carbocycles. The zero-order valence-corrected chi connectivity index (χ0v) is 10.3. The van der Waals surface area contributed by atoms with Gasteiger partial charge in [-0.25, -0.2) is 4.39 Å². The lowest BCUT2D eigenvalue weighted by Crippen LogP contribution is -1.86. The normalized spacial score (nSPS) is 10.4. The second kappa shape index (κ2) is 5.02. The molecule has 1 heterocycles. The number of rotatable bonds is 2.